The van der Waals surface area contributed by atoms with Gasteiger partial charge in [-0.3, -0.25) is 0 Å². The van der Waals surface area contributed by atoms with Gasteiger partial charge in [0.2, 0.25) is 0 Å². The second kappa shape index (κ2) is 4.09. The molecule has 1 aliphatic carbocycles. The lowest BCUT2D eigenvalue weighted by Crippen LogP contribution is -2.36. The van der Waals surface area contributed by atoms with Crippen molar-refractivity contribution in [1.82, 2.24) is 4.90 Å². The van der Waals surface area contributed by atoms with Gasteiger partial charge in [-0.1, -0.05) is 39.8 Å². The van der Waals surface area contributed by atoms with Crippen molar-refractivity contribution < 1.29 is 0 Å². The first kappa shape index (κ1) is 13.2. The molecule has 1 heterocycles. The Balaban J connectivity index is 2.17. The molecule has 1 heteroatoms. The SMILES string of the molecule is CCc1cc(C(C)(C)C)cc2c1C1(CC1)CN(C)C2. The molecule has 0 unspecified atom stereocenters. The van der Waals surface area contributed by atoms with Gasteiger partial charge in [-0.25, -0.2) is 0 Å². The highest BCUT2D eigenvalue weighted by molar-refractivity contribution is 5.50. The maximum absolute atomic E-state index is 2.52. The van der Waals surface area contributed by atoms with E-state index >= 15 is 0 Å². The Hall–Kier alpha value is -0.820. The van der Waals surface area contributed by atoms with Gasteiger partial charge >= 0.3 is 0 Å². The summed E-state index contributed by atoms with van der Waals surface area (Å²) in [6, 6.07) is 4.98. The Kier molecular flexibility index (Phi) is 2.83. The van der Waals surface area contributed by atoms with Gasteiger partial charge in [0.15, 0.2) is 0 Å². The number of aryl methyl sites for hydroxylation is 1. The molecule has 1 aliphatic heterocycles. The number of hydrogen-bond donors (Lipinski definition) is 0. The van der Waals surface area contributed by atoms with Gasteiger partial charge in [0.1, 0.15) is 0 Å². The molecule has 0 N–H and O–H groups in total. The Morgan fingerprint density at radius 2 is 1.89 bits per heavy atom. The Bertz CT molecular complexity index is 503. The lowest BCUT2D eigenvalue weighted by atomic mass is 9.77. The van der Waals surface area contributed by atoms with E-state index in [0.717, 1.165) is 6.54 Å². The van der Waals surface area contributed by atoms with Crippen molar-refractivity contribution in [3.05, 3.63) is 34.4 Å². The first-order valence-electron chi connectivity index (χ1n) is 7.71. The minimum Gasteiger partial charge on any atom is -0.301 e. The van der Waals surface area contributed by atoms with E-state index in [4.69, 9.17) is 0 Å². The lowest BCUT2D eigenvalue weighted by molar-refractivity contribution is 0.270. The second-order valence-electron chi connectivity index (χ2n) is 7.73. The van der Waals surface area contributed by atoms with Crippen LogP contribution < -0.4 is 0 Å². The van der Waals surface area contributed by atoms with Crippen LogP contribution >= 0.6 is 0 Å². The highest BCUT2D eigenvalue weighted by atomic mass is 15.1. The van der Waals surface area contributed by atoms with Gasteiger partial charge in [-0.15, -0.1) is 0 Å². The molecule has 1 aromatic carbocycles. The summed E-state index contributed by atoms with van der Waals surface area (Å²) in [5, 5.41) is 0. The normalized spacial score (nSPS) is 21.5. The number of nitrogens with zero attached hydrogens (tertiary/aromatic N) is 1. The standard InChI is InChI=1S/C18H27N/c1-6-13-9-15(17(2,3)4)10-14-11-19(5)12-18(7-8-18)16(13)14/h9-10H,6-8,11-12H2,1-5H3. The zero-order valence-electron chi connectivity index (χ0n) is 13.1. The van der Waals surface area contributed by atoms with Crippen LogP contribution in [0.3, 0.4) is 0 Å². The van der Waals surface area contributed by atoms with Crippen LogP contribution in [0, 0.1) is 0 Å². The highest BCUT2D eigenvalue weighted by Gasteiger charge is 2.49. The second-order valence-corrected chi connectivity index (χ2v) is 7.73. The van der Waals surface area contributed by atoms with Crippen LogP contribution in [-0.4, -0.2) is 18.5 Å². The van der Waals surface area contributed by atoms with Crippen LogP contribution in [0.5, 0.6) is 0 Å². The summed E-state index contributed by atoms with van der Waals surface area (Å²) in [5.74, 6) is 0. The van der Waals surface area contributed by atoms with Gasteiger partial charge < -0.3 is 4.90 Å². The van der Waals surface area contributed by atoms with Crippen molar-refractivity contribution in [3.8, 4) is 0 Å². The fourth-order valence-electron chi connectivity index (χ4n) is 3.79. The molecular formula is C18H27N. The van der Waals surface area contributed by atoms with Crippen molar-refractivity contribution in [3.63, 3.8) is 0 Å². The van der Waals surface area contributed by atoms with Gasteiger partial charge in [0, 0.05) is 18.5 Å². The molecule has 0 aromatic heterocycles. The number of fused-ring (bicyclic) bond motifs is 2. The average molecular weight is 257 g/mol. The number of rotatable bonds is 1. The van der Waals surface area contributed by atoms with E-state index in [1.807, 2.05) is 0 Å². The fourth-order valence-corrected chi connectivity index (χ4v) is 3.79. The summed E-state index contributed by atoms with van der Waals surface area (Å²) >= 11 is 0. The monoisotopic (exact) mass is 257 g/mol. The summed E-state index contributed by atoms with van der Waals surface area (Å²) in [6.07, 6.45) is 3.97. The molecule has 1 saturated carbocycles. The van der Waals surface area contributed by atoms with Crippen molar-refractivity contribution in [2.24, 2.45) is 0 Å². The third kappa shape index (κ3) is 2.12. The van der Waals surface area contributed by atoms with Crippen molar-refractivity contribution in [1.29, 1.82) is 0 Å². The van der Waals surface area contributed by atoms with E-state index < -0.39 is 0 Å². The van der Waals surface area contributed by atoms with Crippen LogP contribution in [0.4, 0.5) is 0 Å². The zero-order chi connectivity index (χ0) is 13.8. The molecule has 3 rings (SSSR count). The third-order valence-corrected chi connectivity index (χ3v) is 4.95. The molecule has 2 aliphatic rings. The predicted molar refractivity (Wildman–Crippen MR) is 81.8 cm³/mol. The van der Waals surface area contributed by atoms with E-state index in [1.54, 1.807) is 16.7 Å². The molecule has 0 saturated heterocycles. The van der Waals surface area contributed by atoms with Gasteiger partial charge in [0.25, 0.3) is 0 Å². The summed E-state index contributed by atoms with van der Waals surface area (Å²) in [5.41, 5.74) is 7.23. The first-order chi connectivity index (χ1) is 8.86. The van der Waals surface area contributed by atoms with Crippen LogP contribution in [0.25, 0.3) is 0 Å². The van der Waals surface area contributed by atoms with Gasteiger partial charge in [-0.2, -0.15) is 0 Å². The fraction of sp³-hybridized carbons (Fsp3) is 0.667. The minimum absolute atomic E-state index is 0.256. The van der Waals surface area contributed by atoms with Crippen LogP contribution in [0.1, 0.15) is 62.8 Å². The zero-order valence-corrected chi connectivity index (χ0v) is 13.1. The van der Waals surface area contributed by atoms with Crippen LogP contribution in [0.2, 0.25) is 0 Å². The summed E-state index contributed by atoms with van der Waals surface area (Å²) in [6.45, 7) is 11.7. The van der Waals surface area contributed by atoms with E-state index in [2.05, 4.69) is 51.8 Å². The molecule has 0 bridgehead atoms. The molecular weight excluding hydrogens is 230 g/mol. The van der Waals surface area contributed by atoms with E-state index in [1.165, 1.54) is 31.4 Å². The molecule has 1 spiro atoms. The van der Waals surface area contributed by atoms with Crippen molar-refractivity contribution in [2.45, 2.75) is 64.3 Å². The largest absolute Gasteiger partial charge is 0.301 e. The number of likely N-dealkylation sites (N-methyl/N-ethyl adjacent to an activating group) is 1. The average Bonchev–Trinajstić information content (AvgIpc) is 3.06. The Morgan fingerprint density at radius 3 is 2.42 bits per heavy atom. The van der Waals surface area contributed by atoms with Crippen LogP contribution in [-0.2, 0) is 23.8 Å². The molecule has 19 heavy (non-hydrogen) atoms. The molecule has 104 valence electrons. The molecule has 0 radical (unpaired) electrons. The smallest absolute Gasteiger partial charge is 0.0234 e. The Labute approximate surface area is 118 Å². The summed E-state index contributed by atoms with van der Waals surface area (Å²) in [7, 11) is 2.28. The molecule has 1 aromatic rings. The molecule has 1 nitrogen and oxygen atoms in total. The molecule has 0 amide bonds. The Morgan fingerprint density at radius 1 is 1.21 bits per heavy atom. The minimum atomic E-state index is 0.256. The number of hydrogen-bond acceptors (Lipinski definition) is 1. The maximum atomic E-state index is 2.52. The topological polar surface area (TPSA) is 3.24 Å². The summed E-state index contributed by atoms with van der Waals surface area (Å²) < 4.78 is 0. The predicted octanol–water partition coefficient (Wildman–Crippen LogP) is 4.02. The van der Waals surface area contributed by atoms with Gasteiger partial charge in [-0.05, 0) is 54.0 Å². The summed E-state index contributed by atoms with van der Waals surface area (Å²) in [4.78, 5) is 2.52. The first-order valence-corrected chi connectivity index (χ1v) is 7.71. The highest BCUT2D eigenvalue weighted by Crippen LogP contribution is 2.54. The van der Waals surface area contributed by atoms with Crippen molar-refractivity contribution in [2.75, 3.05) is 13.6 Å². The quantitative estimate of drug-likeness (QED) is 0.734. The van der Waals surface area contributed by atoms with E-state index in [9.17, 15) is 0 Å². The third-order valence-electron chi connectivity index (χ3n) is 4.95. The molecule has 0 atom stereocenters. The van der Waals surface area contributed by atoms with E-state index in [0.29, 0.717) is 5.41 Å². The van der Waals surface area contributed by atoms with Crippen molar-refractivity contribution >= 4 is 0 Å². The maximum Gasteiger partial charge on any atom is 0.0234 e. The van der Waals surface area contributed by atoms with Crippen LogP contribution in [0.15, 0.2) is 12.1 Å². The van der Waals surface area contributed by atoms with E-state index in [-0.39, 0.29) is 5.41 Å². The van der Waals surface area contributed by atoms with Gasteiger partial charge in [0.05, 0.1) is 0 Å². The molecule has 1 fully saturated rings. The lowest BCUT2D eigenvalue weighted by Gasteiger charge is -2.36. The number of benzene rings is 1.